The van der Waals surface area contributed by atoms with E-state index in [2.05, 4.69) is 20.8 Å². The fourth-order valence-electron chi connectivity index (χ4n) is 2.46. The molecule has 0 aliphatic carbocycles. The molecule has 2 amide bonds. The highest BCUT2D eigenvalue weighted by Gasteiger charge is 2.14. The van der Waals surface area contributed by atoms with Crippen LogP contribution in [0.15, 0.2) is 54.6 Å². The lowest BCUT2D eigenvalue weighted by atomic mass is 10.1. The molecule has 0 radical (unpaired) electrons. The summed E-state index contributed by atoms with van der Waals surface area (Å²) in [5.41, 5.74) is 2.95. The Labute approximate surface area is 161 Å². The van der Waals surface area contributed by atoms with Crippen LogP contribution in [0, 0.1) is 6.92 Å². The predicted octanol–water partition coefficient (Wildman–Crippen LogP) is 3.35. The highest BCUT2D eigenvalue weighted by molar-refractivity contribution is 7.13. The fraction of sp³-hybridized carbons (Fsp3) is 0.200. The summed E-state index contributed by atoms with van der Waals surface area (Å²) in [7, 11) is 0. The van der Waals surface area contributed by atoms with E-state index >= 15 is 0 Å². The second kappa shape index (κ2) is 9.05. The summed E-state index contributed by atoms with van der Waals surface area (Å²) < 4.78 is 0. The molecule has 0 bridgehead atoms. The van der Waals surface area contributed by atoms with Crippen LogP contribution in [-0.4, -0.2) is 22.0 Å². The number of amides is 2. The Bertz CT molecular complexity index is 924. The zero-order chi connectivity index (χ0) is 19.1. The van der Waals surface area contributed by atoms with Crippen molar-refractivity contribution in [3.63, 3.8) is 0 Å². The molecule has 0 aliphatic heterocycles. The number of nitrogens with one attached hydrogen (secondary N) is 2. The molecule has 0 aliphatic rings. The summed E-state index contributed by atoms with van der Waals surface area (Å²) in [5, 5.41) is 14.6. The molecule has 138 valence electrons. The van der Waals surface area contributed by atoms with Crippen LogP contribution in [0.2, 0.25) is 0 Å². The van der Waals surface area contributed by atoms with Gasteiger partial charge in [0.05, 0.1) is 0 Å². The number of aryl methyl sites for hydroxylation is 2. The molecule has 1 aromatic heterocycles. The Balaban J connectivity index is 1.47. The minimum Gasteiger partial charge on any atom is -0.352 e. The smallest absolute Gasteiger partial charge is 0.286 e. The molecule has 2 aromatic carbocycles. The molecular weight excluding hydrogens is 360 g/mol. The third-order valence-corrected chi connectivity index (χ3v) is 4.98. The number of anilines is 1. The highest BCUT2D eigenvalue weighted by Crippen LogP contribution is 2.14. The van der Waals surface area contributed by atoms with Crippen LogP contribution in [0.5, 0.6) is 0 Å². The third-order valence-electron chi connectivity index (χ3n) is 4.00. The molecule has 2 N–H and O–H groups in total. The number of para-hydroxylation sites is 1. The second-order valence-electron chi connectivity index (χ2n) is 6.02. The molecule has 3 rings (SSSR count). The van der Waals surface area contributed by atoms with E-state index in [9.17, 15) is 9.59 Å². The summed E-state index contributed by atoms with van der Waals surface area (Å²) in [4.78, 5) is 24.2. The van der Waals surface area contributed by atoms with Crippen molar-refractivity contribution in [3.8, 4) is 0 Å². The van der Waals surface area contributed by atoms with Crippen LogP contribution in [-0.2, 0) is 17.8 Å². The number of aromatic nitrogens is 2. The summed E-state index contributed by atoms with van der Waals surface area (Å²) >= 11 is 1.20. The molecule has 0 fully saturated rings. The average molecular weight is 380 g/mol. The van der Waals surface area contributed by atoms with Gasteiger partial charge in [-0.1, -0.05) is 53.8 Å². The first-order valence-corrected chi connectivity index (χ1v) is 9.43. The predicted molar refractivity (Wildman–Crippen MR) is 106 cm³/mol. The molecule has 0 saturated heterocycles. The standard InChI is InChI=1S/C20H20N4O2S/c1-14-7-5-6-8-15(14)13-21-17(25)11-12-18-23-24-20(27-18)19(26)22-16-9-3-2-4-10-16/h2-10H,11-13H2,1H3,(H,21,25)(H,22,26). The van der Waals surface area contributed by atoms with Gasteiger partial charge in [-0.3, -0.25) is 9.59 Å². The number of carbonyl (C=O) groups is 2. The maximum atomic E-state index is 12.2. The maximum absolute atomic E-state index is 12.2. The Morgan fingerprint density at radius 2 is 1.74 bits per heavy atom. The van der Waals surface area contributed by atoms with Gasteiger partial charge in [-0.15, -0.1) is 10.2 Å². The monoisotopic (exact) mass is 380 g/mol. The van der Waals surface area contributed by atoms with Crippen LogP contribution >= 0.6 is 11.3 Å². The van der Waals surface area contributed by atoms with Crippen LogP contribution in [0.4, 0.5) is 5.69 Å². The van der Waals surface area contributed by atoms with E-state index in [1.807, 2.05) is 49.4 Å². The third kappa shape index (κ3) is 5.46. The molecular formula is C20H20N4O2S. The zero-order valence-electron chi connectivity index (χ0n) is 14.9. The number of nitrogens with zero attached hydrogens (tertiary/aromatic N) is 2. The van der Waals surface area contributed by atoms with Gasteiger partial charge >= 0.3 is 0 Å². The van der Waals surface area contributed by atoms with E-state index in [-0.39, 0.29) is 16.8 Å². The van der Waals surface area contributed by atoms with Crippen molar-refractivity contribution in [2.24, 2.45) is 0 Å². The zero-order valence-corrected chi connectivity index (χ0v) is 15.8. The van der Waals surface area contributed by atoms with E-state index in [1.54, 1.807) is 12.1 Å². The first kappa shape index (κ1) is 18.7. The maximum Gasteiger partial charge on any atom is 0.286 e. The van der Waals surface area contributed by atoms with Crippen molar-refractivity contribution in [2.75, 3.05) is 5.32 Å². The van der Waals surface area contributed by atoms with Gasteiger partial charge in [-0.05, 0) is 30.2 Å². The molecule has 0 saturated carbocycles. The lowest BCUT2D eigenvalue weighted by molar-refractivity contribution is -0.121. The van der Waals surface area contributed by atoms with Crippen LogP contribution in [0.25, 0.3) is 0 Å². The SMILES string of the molecule is Cc1ccccc1CNC(=O)CCc1nnc(C(=O)Nc2ccccc2)s1. The van der Waals surface area contributed by atoms with Crippen LogP contribution < -0.4 is 10.6 Å². The van der Waals surface area contributed by atoms with Crippen LogP contribution in [0.3, 0.4) is 0 Å². The number of benzene rings is 2. The molecule has 27 heavy (non-hydrogen) atoms. The Kier molecular flexibility index (Phi) is 6.27. The summed E-state index contributed by atoms with van der Waals surface area (Å²) in [6.07, 6.45) is 0.761. The summed E-state index contributed by atoms with van der Waals surface area (Å²) in [6.45, 7) is 2.52. The molecule has 3 aromatic rings. The van der Waals surface area contributed by atoms with Gasteiger partial charge in [-0.2, -0.15) is 0 Å². The quantitative estimate of drug-likeness (QED) is 0.658. The minimum absolute atomic E-state index is 0.0521. The average Bonchev–Trinajstić information content (AvgIpc) is 3.16. The van der Waals surface area contributed by atoms with Crippen molar-refractivity contribution in [2.45, 2.75) is 26.3 Å². The number of hydrogen-bond donors (Lipinski definition) is 2. The minimum atomic E-state index is -0.297. The fourth-order valence-corrected chi connectivity index (χ4v) is 3.20. The van der Waals surface area contributed by atoms with Crippen molar-refractivity contribution in [1.29, 1.82) is 0 Å². The normalized spacial score (nSPS) is 10.4. The molecule has 1 heterocycles. The van der Waals surface area contributed by atoms with Gasteiger partial charge in [0.25, 0.3) is 5.91 Å². The molecule has 6 nitrogen and oxygen atoms in total. The van der Waals surface area contributed by atoms with Crippen molar-refractivity contribution in [3.05, 3.63) is 75.7 Å². The van der Waals surface area contributed by atoms with Crippen molar-refractivity contribution < 1.29 is 9.59 Å². The molecule has 7 heteroatoms. The van der Waals surface area contributed by atoms with E-state index in [0.29, 0.717) is 30.1 Å². The van der Waals surface area contributed by atoms with Crippen molar-refractivity contribution in [1.82, 2.24) is 15.5 Å². The van der Waals surface area contributed by atoms with Crippen molar-refractivity contribution >= 4 is 28.8 Å². The van der Waals surface area contributed by atoms with Gasteiger partial charge < -0.3 is 10.6 Å². The van der Waals surface area contributed by atoms with Gasteiger partial charge in [-0.25, -0.2) is 0 Å². The summed E-state index contributed by atoms with van der Waals surface area (Å²) in [6, 6.07) is 17.1. The van der Waals surface area contributed by atoms with Gasteiger partial charge in [0.15, 0.2) is 0 Å². The topological polar surface area (TPSA) is 84.0 Å². The molecule has 0 spiro atoms. The van der Waals surface area contributed by atoms with Crippen LogP contribution in [0.1, 0.15) is 32.4 Å². The van der Waals surface area contributed by atoms with E-state index in [4.69, 9.17) is 0 Å². The summed E-state index contributed by atoms with van der Waals surface area (Å²) in [5.74, 6) is -0.349. The van der Waals surface area contributed by atoms with Gasteiger partial charge in [0.1, 0.15) is 5.01 Å². The Hall–Kier alpha value is -3.06. The number of hydrogen-bond acceptors (Lipinski definition) is 5. The highest BCUT2D eigenvalue weighted by atomic mass is 32.1. The Morgan fingerprint density at radius 3 is 2.52 bits per heavy atom. The number of carbonyl (C=O) groups excluding carboxylic acids is 2. The first-order chi connectivity index (χ1) is 13.1. The van der Waals surface area contributed by atoms with E-state index in [1.165, 1.54) is 11.3 Å². The first-order valence-electron chi connectivity index (χ1n) is 8.62. The number of rotatable bonds is 7. The lowest BCUT2D eigenvalue weighted by Gasteiger charge is -2.07. The van der Waals surface area contributed by atoms with Gasteiger partial charge in [0, 0.05) is 25.1 Å². The molecule has 0 atom stereocenters. The Morgan fingerprint density at radius 1 is 1.00 bits per heavy atom. The van der Waals surface area contributed by atoms with E-state index < -0.39 is 0 Å². The largest absolute Gasteiger partial charge is 0.352 e. The second-order valence-corrected chi connectivity index (χ2v) is 7.09. The van der Waals surface area contributed by atoms with Gasteiger partial charge in [0.2, 0.25) is 10.9 Å². The molecule has 0 unspecified atom stereocenters. The van der Waals surface area contributed by atoms with E-state index in [0.717, 1.165) is 11.1 Å². The lowest BCUT2D eigenvalue weighted by Crippen LogP contribution is -2.23.